The molecule has 1 fully saturated rings. The molecule has 5 rings (SSSR count). The molecule has 3 aromatic carbocycles. The van der Waals surface area contributed by atoms with E-state index in [9.17, 15) is 9.50 Å². The maximum absolute atomic E-state index is 13.5. The summed E-state index contributed by atoms with van der Waals surface area (Å²) >= 11 is 0. The molecule has 0 amide bonds. The minimum atomic E-state index is -0.590. The zero-order valence-electron chi connectivity index (χ0n) is 19.8. The molecule has 35 heavy (non-hydrogen) atoms. The van der Waals surface area contributed by atoms with Gasteiger partial charge in [-0.3, -0.25) is 4.90 Å². The van der Waals surface area contributed by atoms with Gasteiger partial charge in [-0.05, 0) is 48.6 Å². The zero-order valence-corrected chi connectivity index (χ0v) is 19.8. The lowest BCUT2D eigenvalue weighted by Gasteiger charge is -2.26. The lowest BCUT2D eigenvalue weighted by Crippen LogP contribution is -2.30. The Hall–Kier alpha value is -3.48. The largest absolute Gasteiger partial charge is 0.439 e. The highest BCUT2D eigenvalue weighted by Crippen LogP contribution is 2.36. The van der Waals surface area contributed by atoms with Gasteiger partial charge < -0.3 is 9.84 Å². The Kier molecular flexibility index (Phi) is 6.93. The van der Waals surface area contributed by atoms with Gasteiger partial charge in [0.1, 0.15) is 17.3 Å². The summed E-state index contributed by atoms with van der Waals surface area (Å²) in [6.07, 6.45) is 1.85. The number of benzene rings is 3. The van der Waals surface area contributed by atoms with Crippen molar-refractivity contribution in [3.63, 3.8) is 0 Å². The molecule has 1 aromatic heterocycles. The fraction of sp³-hybridized carbons (Fsp3) is 0.276. The van der Waals surface area contributed by atoms with Crippen molar-refractivity contribution in [2.45, 2.75) is 25.5 Å². The van der Waals surface area contributed by atoms with E-state index in [1.807, 2.05) is 67.7 Å². The van der Waals surface area contributed by atoms with E-state index >= 15 is 0 Å². The van der Waals surface area contributed by atoms with Gasteiger partial charge in [-0.25, -0.2) is 9.07 Å². The van der Waals surface area contributed by atoms with Gasteiger partial charge in [0.25, 0.3) is 0 Å². The number of aryl methyl sites for hydroxylation is 1. The Balaban J connectivity index is 1.48. The zero-order chi connectivity index (χ0) is 24.2. The van der Waals surface area contributed by atoms with Gasteiger partial charge in [-0.2, -0.15) is 5.10 Å². The third kappa shape index (κ3) is 5.78. The van der Waals surface area contributed by atoms with Crippen molar-refractivity contribution in [3.05, 3.63) is 102 Å². The molecule has 1 unspecified atom stereocenters. The van der Waals surface area contributed by atoms with Crippen LogP contribution in [0.5, 0.6) is 11.6 Å². The fourth-order valence-electron chi connectivity index (χ4n) is 4.38. The first-order valence-corrected chi connectivity index (χ1v) is 12.1. The number of rotatable bonds is 10. The van der Waals surface area contributed by atoms with Gasteiger partial charge in [-0.1, -0.05) is 60.7 Å². The molecule has 180 valence electrons. The normalized spacial score (nSPS) is 14.3. The van der Waals surface area contributed by atoms with Crippen molar-refractivity contribution >= 4 is 0 Å². The second-order valence-electron chi connectivity index (χ2n) is 9.24. The minimum absolute atomic E-state index is 0.307. The van der Waals surface area contributed by atoms with E-state index in [0.29, 0.717) is 30.6 Å². The second kappa shape index (κ2) is 10.4. The van der Waals surface area contributed by atoms with E-state index in [-0.39, 0.29) is 5.82 Å². The maximum atomic E-state index is 13.5. The highest BCUT2D eigenvalue weighted by Gasteiger charge is 2.29. The number of aliphatic hydroxyl groups excluding tert-OH is 1. The molecule has 1 aliphatic carbocycles. The second-order valence-corrected chi connectivity index (χ2v) is 9.24. The highest BCUT2D eigenvalue weighted by molar-refractivity contribution is 5.65. The van der Waals surface area contributed by atoms with E-state index in [2.05, 4.69) is 4.90 Å². The topological polar surface area (TPSA) is 50.5 Å². The molecule has 1 heterocycles. The molecule has 1 N–H and O–H groups in total. The van der Waals surface area contributed by atoms with Gasteiger partial charge >= 0.3 is 0 Å². The lowest BCUT2D eigenvalue weighted by atomic mass is 10.1. The molecule has 1 saturated carbocycles. The van der Waals surface area contributed by atoms with E-state index < -0.39 is 6.10 Å². The average Bonchev–Trinajstić information content (AvgIpc) is 3.65. The molecular formula is C29H30FN3O2. The van der Waals surface area contributed by atoms with Crippen LogP contribution in [0.2, 0.25) is 0 Å². The predicted octanol–water partition coefficient (Wildman–Crippen LogP) is 5.96. The molecule has 4 aromatic rings. The summed E-state index contributed by atoms with van der Waals surface area (Å²) in [5.74, 6) is 1.51. The first-order chi connectivity index (χ1) is 17.1. The molecular weight excluding hydrogens is 441 g/mol. The van der Waals surface area contributed by atoms with Crippen LogP contribution in [0.15, 0.2) is 84.9 Å². The smallest absolute Gasteiger partial charge is 0.222 e. The summed E-state index contributed by atoms with van der Waals surface area (Å²) in [5.41, 5.74) is 3.71. The number of hydrogen-bond acceptors (Lipinski definition) is 4. The Bertz CT molecular complexity index is 1240. The van der Waals surface area contributed by atoms with Crippen LogP contribution in [0.1, 0.15) is 30.1 Å². The summed E-state index contributed by atoms with van der Waals surface area (Å²) in [4.78, 5) is 2.30. The summed E-state index contributed by atoms with van der Waals surface area (Å²) in [7, 11) is 1.86. The molecule has 6 heteroatoms. The highest BCUT2D eigenvalue weighted by atomic mass is 19.1. The SMILES string of the molecule is Cn1nc(-c2ccccc2)c(CN(CC2CC2)CC(O)c2ccccc2)c1Oc1ccc(F)cc1. The fourth-order valence-corrected chi connectivity index (χ4v) is 4.38. The van der Waals surface area contributed by atoms with Gasteiger partial charge in [-0.15, -0.1) is 0 Å². The van der Waals surface area contributed by atoms with E-state index in [1.165, 1.54) is 25.0 Å². The average molecular weight is 472 g/mol. The first kappa shape index (κ1) is 23.3. The van der Waals surface area contributed by atoms with Crippen molar-refractivity contribution in [2.75, 3.05) is 13.1 Å². The van der Waals surface area contributed by atoms with Crippen molar-refractivity contribution in [1.29, 1.82) is 0 Å². The lowest BCUT2D eigenvalue weighted by molar-refractivity contribution is 0.106. The van der Waals surface area contributed by atoms with Gasteiger partial charge in [0.2, 0.25) is 5.88 Å². The summed E-state index contributed by atoms with van der Waals surface area (Å²) in [5, 5.41) is 15.8. The molecule has 0 radical (unpaired) electrons. The number of aromatic nitrogens is 2. The van der Waals surface area contributed by atoms with E-state index in [1.54, 1.807) is 16.8 Å². The predicted molar refractivity (Wildman–Crippen MR) is 135 cm³/mol. The Morgan fingerprint density at radius 1 is 1.00 bits per heavy atom. The van der Waals surface area contributed by atoms with E-state index in [0.717, 1.165) is 28.9 Å². The quantitative estimate of drug-likeness (QED) is 0.310. The Morgan fingerprint density at radius 3 is 2.31 bits per heavy atom. The van der Waals surface area contributed by atoms with Gasteiger partial charge in [0.05, 0.1) is 11.7 Å². The van der Waals surface area contributed by atoms with Crippen molar-refractivity contribution < 1.29 is 14.2 Å². The standard InChI is InChI=1S/C29H30FN3O2/c1-32-29(35-25-16-14-24(30)15-17-25)26(28(31-32)23-10-6-3-7-11-23)19-33(18-21-12-13-21)20-27(34)22-8-4-2-5-9-22/h2-11,14-17,21,27,34H,12-13,18-20H2,1H3. The van der Waals surface area contributed by atoms with Crippen LogP contribution < -0.4 is 4.74 Å². The van der Waals surface area contributed by atoms with Crippen molar-refractivity contribution in [3.8, 4) is 22.9 Å². The number of aliphatic hydroxyl groups is 1. The third-order valence-corrected chi connectivity index (χ3v) is 6.37. The van der Waals surface area contributed by atoms with Crippen molar-refractivity contribution in [2.24, 2.45) is 13.0 Å². The number of hydrogen-bond donors (Lipinski definition) is 1. The van der Waals surface area contributed by atoms with Gasteiger partial charge in [0.15, 0.2) is 0 Å². The number of ether oxygens (including phenoxy) is 1. The molecule has 0 aliphatic heterocycles. The summed E-state index contributed by atoms with van der Waals surface area (Å²) in [6, 6.07) is 25.9. The monoisotopic (exact) mass is 471 g/mol. The number of nitrogens with zero attached hydrogens (tertiary/aromatic N) is 3. The Labute approximate surface area is 205 Å². The Morgan fingerprint density at radius 2 is 1.66 bits per heavy atom. The summed E-state index contributed by atoms with van der Waals surface area (Å²) < 4.78 is 21.5. The molecule has 1 aliphatic rings. The maximum Gasteiger partial charge on any atom is 0.222 e. The molecule has 0 saturated heterocycles. The third-order valence-electron chi connectivity index (χ3n) is 6.37. The molecule has 1 atom stereocenters. The van der Waals surface area contributed by atoms with Gasteiger partial charge in [0, 0.05) is 32.2 Å². The molecule has 0 spiro atoms. The van der Waals surface area contributed by atoms with Crippen LogP contribution in [0, 0.1) is 11.7 Å². The van der Waals surface area contributed by atoms with Crippen LogP contribution in [0.4, 0.5) is 4.39 Å². The number of halogens is 1. The minimum Gasteiger partial charge on any atom is -0.439 e. The van der Waals surface area contributed by atoms with E-state index in [4.69, 9.17) is 9.84 Å². The molecule has 5 nitrogen and oxygen atoms in total. The van der Waals surface area contributed by atoms with Crippen molar-refractivity contribution in [1.82, 2.24) is 14.7 Å². The van der Waals surface area contributed by atoms with Crippen LogP contribution in [-0.4, -0.2) is 32.9 Å². The van der Waals surface area contributed by atoms with Crippen LogP contribution in [-0.2, 0) is 13.6 Å². The molecule has 0 bridgehead atoms. The van der Waals surface area contributed by atoms with Crippen LogP contribution in [0.25, 0.3) is 11.3 Å². The first-order valence-electron chi connectivity index (χ1n) is 12.1. The van der Waals surface area contributed by atoms with Crippen LogP contribution in [0.3, 0.4) is 0 Å². The summed E-state index contributed by atoms with van der Waals surface area (Å²) in [6.45, 7) is 2.00. The van der Waals surface area contributed by atoms with Crippen LogP contribution >= 0.6 is 0 Å².